The summed E-state index contributed by atoms with van der Waals surface area (Å²) in [6.07, 6.45) is 0.542. The Balaban J connectivity index is 0.00000200. The molecule has 1 aliphatic rings. The summed E-state index contributed by atoms with van der Waals surface area (Å²) in [6.45, 7) is 1.71. The number of benzene rings is 1. The molecule has 1 saturated heterocycles. The largest absolute Gasteiger partial charge is 0.493 e. The van der Waals surface area contributed by atoms with E-state index in [0.717, 1.165) is 6.54 Å². The van der Waals surface area contributed by atoms with Gasteiger partial charge in [-0.15, -0.1) is 12.4 Å². The molecular weight excluding hydrogens is 287 g/mol. The molecule has 1 heterocycles. The van der Waals surface area contributed by atoms with Gasteiger partial charge < -0.3 is 20.5 Å². The fourth-order valence-corrected chi connectivity index (χ4v) is 2.13. The highest BCUT2D eigenvalue weighted by Crippen LogP contribution is 2.13. The molecule has 1 fully saturated rings. The average molecular weight is 305 g/mol. The standard InChI is InChI=1S/C13H17FN2O3.ClH/c14-9-2-1-3-10(8-9)19-7-4-11-12(13(17)18)16-6-5-15-11;/h1-3,8,11-12,15-16H,4-7H2,(H,17,18);1H/t11-,12?;/m1./s1. The molecule has 0 bridgehead atoms. The lowest BCUT2D eigenvalue weighted by Gasteiger charge is -2.30. The van der Waals surface area contributed by atoms with Crippen LogP contribution < -0.4 is 15.4 Å². The van der Waals surface area contributed by atoms with Crippen LogP contribution in [0.5, 0.6) is 5.75 Å². The number of ether oxygens (including phenoxy) is 1. The fourth-order valence-electron chi connectivity index (χ4n) is 2.13. The fraction of sp³-hybridized carbons (Fsp3) is 0.462. The van der Waals surface area contributed by atoms with Gasteiger partial charge in [-0.05, 0) is 18.6 Å². The molecular formula is C13H18ClFN2O3. The summed E-state index contributed by atoms with van der Waals surface area (Å²) >= 11 is 0. The Morgan fingerprint density at radius 2 is 2.15 bits per heavy atom. The van der Waals surface area contributed by atoms with Gasteiger partial charge in [0.15, 0.2) is 0 Å². The van der Waals surface area contributed by atoms with Crippen molar-refractivity contribution in [3.8, 4) is 5.75 Å². The first-order valence-electron chi connectivity index (χ1n) is 6.25. The monoisotopic (exact) mass is 304 g/mol. The van der Waals surface area contributed by atoms with Gasteiger partial charge in [-0.25, -0.2) is 4.39 Å². The van der Waals surface area contributed by atoms with E-state index >= 15 is 0 Å². The zero-order valence-corrected chi connectivity index (χ0v) is 11.7. The molecule has 7 heteroatoms. The molecule has 0 aliphatic carbocycles. The topological polar surface area (TPSA) is 70.6 Å². The van der Waals surface area contributed by atoms with Crippen molar-refractivity contribution < 1.29 is 19.0 Å². The van der Waals surface area contributed by atoms with E-state index in [9.17, 15) is 9.18 Å². The number of piperazine rings is 1. The lowest BCUT2D eigenvalue weighted by atomic mass is 10.0. The van der Waals surface area contributed by atoms with Gasteiger partial charge in [-0.2, -0.15) is 0 Å². The molecule has 0 saturated carbocycles. The van der Waals surface area contributed by atoms with Crippen LogP contribution in [0.4, 0.5) is 4.39 Å². The molecule has 1 aromatic carbocycles. The Labute approximate surface area is 122 Å². The van der Waals surface area contributed by atoms with E-state index in [1.165, 1.54) is 12.1 Å². The number of carboxylic acid groups (broad SMARTS) is 1. The second kappa shape index (κ2) is 8.04. The van der Waals surface area contributed by atoms with Crippen LogP contribution in [0.25, 0.3) is 0 Å². The summed E-state index contributed by atoms with van der Waals surface area (Å²) < 4.78 is 18.4. The number of carbonyl (C=O) groups is 1. The van der Waals surface area contributed by atoms with Gasteiger partial charge in [0.05, 0.1) is 6.61 Å². The highest BCUT2D eigenvalue weighted by atomic mass is 35.5. The lowest BCUT2D eigenvalue weighted by molar-refractivity contribution is -0.140. The second-order valence-corrected chi connectivity index (χ2v) is 4.43. The maximum absolute atomic E-state index is 12.9. The quantitative estimate of drug-likeness (QED) is 0.758. The van der Waals surface area contributed by atoms with Crippen LogP contribution in [-0.4, -0.2) is 42.9 Å². The molecule has 20 heavy (non-hydrogen) atoms. The summed E-state index contributed by atoms with van der Waals surface area (Å²) in [5.74, 6) is -0.767. The highest BCUT2D eigenvalue weighted by Gasteiger charge is 2.29. The van der Waals surface area contributed by atoms with Crippen molar-refractivity contribution in [2.45, 2.75) is 18.5 Å². The van der Waals surface area contributed by atoms with Gasteiger partial charge in [0.2, 0.25) is 0 Å². The van der Waals surface area contributed by atoms with Crippen LogP contribution in [-0.2, 0) is 4.79 Å². The third-order valence-corrected chi connectivity index (χ3v) is 3.06. The first-order valence-corrected chi connectivity index (χ1v) is 6.25. The number of aliphatic carboxylic acids is 1. The third kappa shape index (κ3) is 4.63. The lowest BCUT2D eigenvalue weighted by Crippen LogP contribution is -2.59. The molecule has 2 atom stereocenters. The predicted molar refractivity (Wildman–Crippen MR) is 75.0 cm³/mol. The summed E-state index contributed by atoms with van der Waals surface area (Å²) in [5, 5.41) is 15.2. The zero-order chi connectivity index (χ0) is 13.7. The molecule has 0 aromatic heterocycles. The maximum Gasteiger partial charge on any atom is 0.322 e. The molecule has 1 aliphatic heterocycles. The van der Waals surface area contributed by atoms with Crippen molar-refractivity contribution in [1.29, 1.82) is 0 Å². The molecule has 0 spiro atoms. The molecule has 0 amide bonds. The summed E-state index contributed by atoms with van der Waals surface area (Å²) in [7, 11) is 0. The molecule has 0 radical (unpaired) electrons. The summed E-state index contributed by atoms with van der Waals surface area (Å²) in [4.78, 5) is 11.0. The van der Waals surface area contributed by atoms with Crippen LogP contribution in [0.2, 0.25) is 0 Å². The Hall–Kier alpha value is -1.37. The maximum atomic E-state index is 12.9. The van der Waals surface area contributed by atoms with Crippen LogP contribution >= 0.6 is 12.4 Å². The van der Waals surface area contributed by atoms with Crippen molar-refractivity contribution in [2.75, 3.05) is 19.7 Å². The van der Waals surface area contributed by atoms with Gasteiger partial charge in [0.25, 0.3) is 0 Å². The molecule has 2 rings (SSSR count). The number of halogens is 2. The number of rotatable bonds is 5. The Kier molecular flexibility index (Phi) is 6.70. The minimum Gasteiger partial charge on any atom is -0.493 e. The van der Waals surface area contributed by atoms with Crippen molar-refractivity contribution in [1.82, 2.24) is 10.6 Å². The Bertz CT molecular complexity index is 447. The molecule has 1 unspecified atom stereocenters. The first kappa shape index (κ1) is 16.7. The Morgan fingerprint density at radius 3 is 2.85 bits per heavy atom. The number of nitrogens with one attached hydrogen (secondary N) is 2. The van der Waals surface area contributed by atoms with Crippen LogP contribution in [0.3, 0.4) is 0 Å². The van der Waals surface area contributed by atoms with Gasteiger partial charge in [0.1, 0.15) is 17.6 Å². The van der Waals surface area contributed by atoms with Crippen molar-refractivity contribution in [3.05, 3.63) is 30.1 Å². The van der Waals surface area contributed by atoms with Crippen LogP contribution in [0.1, 0.15) is 6.42 Å². The zero-order valence-electron chi connectivity index (χ0n) is 10.8. The van der Waals surface area contributed by atoms with Crippen molar-refractivity contribution in [3.63, 3.8) is 0 Å². The van der Waals surface area contributed by atoms with E-state index in [4.69, 9.17) is 9.84 Å². The first-order chi connectivity index (χ1) is 9.16. The number of carboxylic acids is 1. The predicted octanol–water partition coefficient (Wildman–Crippen LogP) is 1.03. The van der Waals surface area contributed by atoms with Crippen molar-refractivity contribution >= 4 is 18.4 Å². The summed E-state index contributed by atoms with van der Waals surface area (Å²) in [6, 6.07) is 5.11. The van der Waals surface area contributed by atoms with Gasteiger partial charge in [-0.1, -0.05) is 6.07 Å². The van der Waals surface area contributed by atoms with Crippen molar-refractivity contribution in [2.24, 2.45) is 0 Å². The Morgan fingerprint density at radius 1 is 1.40 bits per heavy atom. The van der Waals surface area contributed by atoms with E-state index in [0.29, 0.717) is 25.3 Å². The second-order valence-electron chi connectivity index (χ2n) is 4.43. The minimum atomic E-state index is -0.872. The molecule has 5 nitrogen and oxygen atoms in total. The van der Waals surface area contributed by atoms with Gasteiger partial charge >= 0.3 is 5.97 Å². The average Bonchev–Trinajstić information content (AvgIpc) is 2.39. The molecule has 3 N–H and O–H groups in total. The van der Waals surface area contributed by atoms with E-state index in [-0.39, 0.29) is 24.3 Å². The highest BCUT2D eigenvalue weighted by molar-refractivity contribution is 5.85. The van der Waals surface area contributed by atoms with E-state index < -0.39 is 12.0 Å². The van der Waals surface area contributed by atoms with E-state index in [1.807, 2.05) is 0 Å². The number of hydrogen-bond donors (Lipinski definition) is 3. The van der Waals surface area contributed by atoms with Gasteiger partial charge in [0, 0.05) is 25.2 Å². The number of hydrogen-bond acceptors (Lipinski definition) is 4. The van der Waals surface area contributed by atoms with E-state index in [2.05, 4.69) is 10.6 Å². The van der Waals surface area contributed by atoms with E-state index in [1.54, 1.807) is 12.1 Å². The molecule has 112 valence electrons. The smallest absolute Gasteiger partial charge is 0.322 e. The van der Waals surface area contributed by atoms with Crippen LogP contribution in [0, 0.1) is 5.82 Å². The SMILES string of the molecule is Cl.O=C(O)C1NCCN[C@@H]1CCOc1cccc(F)c1. The van der Waals surface area contributed by atoms with Gasteiger partial charge in [-0.3, -0.25) is 4.79 Å². The van der Waals surface area contributed by atoms with Crippen LogP contribution in [0.15, 0.2) is 24.3 Å². The minimum absolute atomic E-state index is 0. The molecule has 1 aromatic rings. The normalized spacial score (nSPS) is 21.9. The summed E-state index contributed by atoms with van der Waals surface area (Å²) in [5.41, 5.74) is 0. The third-order valence-electron chi connectivity index (χ3n) is 3.06.